The molecule has 0 bridgehead atoms. The molecule has 1 saturated heterocycles. The molecule has 6 aromatic rings. The number of rotatable bonds is 7. The number of hydrogen-bond donors (Lipinski definition) is 2. The van der Waals surface area contributed by atoms with Crippen molar-refractivity contribution in [1.29, 1.82) is 0 Å². The Kier molecular flexibility index (Phi) is 6.87. The molecule has 1 amide bonds. The molecule has 0 unspecified atom stereocenters. The lowest BCUT2D eigenvalue weighted by Crippen LogP contribution is -2.36. The maximum Gasteiger partial charge on any atom is 0.270 e. The molecule has 0 spiro atoms. The number of ether oxygens (including phenoxy) is 2. The number of morpholine rings is 1. The second kappa shape index (κ2) is 11.2. The highest BCUT2D eigenvalue weighted by Gasteiger charge is 2.20. The van der Waals surface area contributed by atoms with Crippen LogP contribution in [0.5, 0.6) is 5.75 Å². The van der Waals surface area contributed by atoms with Crippen LogP contribution in [0.15, 0.2) is 90.4 Å². The third-order valence-corrected chi connectivity index (χ3v) is 7.52. The SMILES string of the molecule is C=CC(=O)Nc1cccc(-n2c3nc(Nc4ccc(N5CCOCC5)cc4OC)ncc3c(=O)n3c4ccccc4nc23)c1. The monoisotopic (exact) mass is 588 g/mol. The first-order valence-corrected chi connectivity index (χ1v) is 14.0. The van der Waals surface area contributed by atoms with Crippen LogP contribution in [-0.2, 0) is 9.53 Å². The minimum absolute atomic E-state index is 0.264. The third kappa shape index (κ3) is 4.76. The van der Waals surface area contributed by atoms with Crippen molar-refractivity contribution in [3.05, 3.63) is 95.9 Å². The summed E-state index contributed by atoms with van der Waals surface area (Å²) in [5.41, 5.74) is 4.23. The second-order valence-corrected chi connectivity index (χ2v) is 10.2. The van der Waals surface area contributed by atoms with E-state index in [4.69, 9.17) is 19.4 Å². The summed E-state index contributed by atoms with van der Waals surface area (Å²) in [7, 11) is 1.61. The number of aromatic nitrogens is 5. The number of nitrogens with one attached hydrogen (secondary N) is 2. The molecule has 7 rings (SSSR count). The minimum atomic E-state index is -0.342. The quantitative estimate of drug-likeness (QED) is 0.263. The van der Waals surface area contributed by atoms with Gasteiger partial charge >= 0.3 is 0 Å². The smallest absolute Gasteiger partial charge is 0.270 e. The van der Waals surface area contributed by atoms with Gasteiger partial charge in [-0.2, -0.15) is 4.98 Å². The van der Waals surface area contributed by atoms with E-state index in [1.54, 1.807) is 34.3 Å². The average Bonchev–Trinajstić information content (AvgIpc) is 3.45. The molecule has 3 aromatic carbocycles. The Morgan fingerprint density at radius 3 is 2.68 bits per heavy atom. The number of anilines is 4. The molecule has 4 heterocycles. The van der Waals surface area contributed by atoms with Gasteiger partial charge in [0, 0.05) is 36.7 Å². The van der Waals surface area contributed by atoms with Gasteiger partial charge in [0.15, 0.2) is 5.65 Å². The number of methoxy groups -OCH3 is 1. The summed E-state index contributed by atoms with van der Waals surface area (Å²) in [6.45, 7) is 6.49. The Morgan fingerprint density at radius 2 is 1.86 bits per heavy atom. The Labute approximate surface area is 251 Å². The first-order valence-electron chi connectivity index (χ1n) is 14.0. The molecule has 0 atom stereocenters. The van der Waals surface area contributed by atoms with E-state index in [1.807, 2.05) is 48.5 Å². The Hall–Kier alpha value is -5.75. The van der Waals surface area contributed by atoms with Crippen LogP contribution >= 0.6 is 0 Å². The van der Waals surface area contributed by atoms with E-state index in [2.05, 4.69) is 27.1 Å². The van der Waals surface area contributed by atoms with E-state index in [9.17, 15) is 9.59 Å². The number of para-hydroxylation sites is 2. The summed E-state index contributed by atoms with van der Waals surface area (Å²) in [4.78, 5) is 42.3. The minimum Gasteiger partial charge on any atom is -0.494 e. The molecule has 3 aromatic heterocycles. The summed E-state index contributed by atoms with van der Waals surface area (Å²) in [5.74, 6) is 0.911. The fraction of sp³-hybridized carbons (Fsp3) is 0.156. The maximum atomic E-state index is 13.9. The van der Waals surface area contributed by atoms with Gasteiger partial charge < -0.3 is 25.0 Å². The van der Waals surface area contributed by atoms with Crippen molar-refractivity contribution in [2.45, 2.75) is 0 Å². The molecule has 44 heavy (non-hydrogen) atoms. The molecule has 2 N–H and O–H groups in total. The summed E-state index contributed by atoms with van der Waals surface area (Å²) in [5, 5.41) is 6.35. The normalized spacial score (nSPS) is 13.3. The van der Waals surface area contributed by atoms with E-state index >= 15 is 0 Å². The van der Waals surface area contributed by atoms with E-state index in [0.717, 1.165) is 18.8 Å². The summed E-state index contributed by atoms with van der Waals surface area (Å²) < 4.78 is 14.5. The molecular formula is C32H28N8O4. The highest BCUT2D eigenvalue weighted by molar-refractivity contribution is 5.99. The summed E-state index contributed by atoms with van der Waals surface area (Å²) in [6, 6.07) is 20.5. The van der Waals surface area contributed by atoms with Crippen LogP contribution < -0.4 is 25.8 Å². The molecule has 0 radical (unpaired) electrons. The molecule has 1 aliphatic heterocycles. The van der Waals surface area contributed by atoms with Gasteiger partial charge in [-0.05, 0) is 48.5 Å². The van der Waals surface area contributed by atoms with E-state index in [1.165, 1.54) is 12.3 Å². The van der Waals surface area contributed by atoms with Gasteiger partial charge in [-0.3, -0.25) is 14.2 Å². The summed E-state index contributed by atoms with van der Waals surface area (Å²) in [6.07, 6.45) is 2.71. The predicted octanol–water partition coefficient (Wildman–Crippen LogP) is 4.29. The largest absolute Gasteiger partial charge is 0.494 e. The highest BCUT2D eigenvalue weighted by Crippen LogP contribution is 2.32. The van der Waals surface area contributed by atoms with Crippen molar-refractivity contribution in [2.75, 3.05) is 48.9 Å². The zero-order chi connectivity index (χ0) is 30.2. The number of amides is 1. The lowest BCUT2D eigenvalue weighted by molar-refractivity contribution is -0.111. The van der Waals surface area contributed by atoms with Crippen LogP contribution in [-0.4, -0.2) is 63.2 Å². The Morgan fingerprint density at radius 1 is 1.02 bits per heavy atom. The Balaban J connectivity index is 1.39. The van der Waals surface area contributed by atoms with Crippen LogP contribution in [0.4, 0.5) is 23.0 Å². The van der Waals surface area contributed by atoms with Crippen LogP contribution in [0, 0.1) is 0 Å². The molecule has 1 aliphatic rings. The zero-order valence-corrected chi connectivity index (χ0v) is 23.9. The van der Waals surface area contributed by atoms with Crippen molar-refractivity contribution >= 4 is 56.8 Å². The molecule has 12 heteroatoms. The van der Waals surface area contributed by atoms with Crippen molar-refractivity contribution in [3.63, 3.8) is 0 Å². The molecular weight excluding hydrogens is 560 g/mol. The molecule has 12 nitrogen and oxygen atoms in total. The standard InChI is InChI=1S/C32H28N8O4/c1-3-28(41)34-20-7-6-8-22(17-20)39-29-23(30(42)40-26-10-5-4-9-24(26)36-32(39)40)19-33-31(37-29)35-25-12-11-21(18-27(25)43-2)38-13-15-44-16-14-38/h3-12,17-19H,1,13-16H2,2H3,(H,34,41)(H,33,35,37). The second-order valence-electron chi connectivity index (χ2n) is 10.2. The van der Waals surface area contributed by atoms with E-state index < -0.39 is 0 Å². The lowest BCUT2D eigenvalue weighted by atomic mass is 10.2. The number of nitrogens with zero attached hydrogens (tertiary/aromatic N) is 6. The number of fused-ring (bicyclic) bond motifs is 4. The number of hydrogen-bond acceptors (Lipinski definition) is 9. The number of benzene rings is 3. The van der Waals surface area contributed by atoms with E-state index in [-0.39, 0.29) is 17.4 Å². The van der Waals surface area contributed by atoms with Gasteiger partial charge in [0.1, 0.15) is 11.1 Å². The zero-order valence-electron chi connectivity index (χ0n) is 23.9. The van der Waals surface area contributed by atoms with Crippen molar-refractivity contribution < 1.29 is 14.3 Å². The fourth-order valence-electron chi connectivity index (χ4n) is 5.41. The molecule has 0 aliphatic carbocycles. The van der Waals surface area contributed by atoms with Gasteiger partial charge in [0.2, 0.25) is 17.6 Å². The van der Waals surface area contributed by atoms with E-state index in [0.29, 0.717) is 63.9 Å². The van der Waals surface area contributed by atoms with Crippen molar-refractivity contribution in [3.8, 4) is 11.4 Å². The summed E-state index contributed by atoms with van der Waals surface area (Å²) >= 11 is 0. The van der Waals surface area contributed by atoms with Crippen molar-refractivity contribution in [1.82, 2.24) is 23.9 Å². The van der Waals surface area contributed by atoms with Gasteiger partial charge in [-0.1, -0.05) is 24.8 Å². The average molecular weight is 589 g/mol. The number of carbonyl (C=O) groups excluding carboxylic acids is 1. The predicted molar refractivity (Wildman–Crippen MR) is 170 cm³/mol. The van der Waals surface area contributed by atoms with Crippen LogP contribution in [0.2, 0.25) is 0 Å². The van der Waals surface area contributed by atoms with Gasteiger partial charge in [-0.15, -0.1) is 0 Å². The van der Waals surface area contributed by atoms with Crippen LogP contribution in [0.25, 0.3) is 33.5 Å². The highest BCUT2D eigenvalue weighted by atomic mass is 16.5. The maximum absolute atomic E-state index is 13.9. The van der Waals surface area contributed by atoms with Crippen molar-refractivity contribution in [2.24, 2.45) is 0 Å². The van der Waals surface area contributed by atoms with Gasteiger partial charge in [0.25, 0.3) is 5.56 Å². The first kappa shape index (κ1) is 27.1. The van der Waals surface area contributed by atoms with Gasteiger partial charge in [-0.25, -0.2) is 14.4 Å². The fourth-order valence-corrected chi connectivity index (χ4v) is 5.41. The third-order valence-electron chi connectivity index (χ3n) is 7.52. The van der Waals surface area contributed by atoms with Crippen LogP contribution in [0.3, 0.4) is 0 Å². The molecule has 220 valence electrons. The number of carbonyl (C=O) groups is 1. The Bertz CT molecular complexity index is 2130. The first-order chi connectivity index (χ1) is 21.5. The topological polar surface area (TPSA) is 128 Å². The van der Waals surface area contributed by atoms with Crippen LogP contribution in [0.1, 0.15) is 0 Å². The molecule has 1 fully saturated rings. The van der Waals surface area contributed by atoms with Gasteiger partial charge in [0.05, 0.1) is 42.7 Å². The lowest BCUT2D eigenvalue weighted by Gasteiger charge is -2.29. The number of imidazole rings is 1. The molecule has 0 saturated carbocycles.